The molecular formula is C20H31N3O3S. The van der Waals surface area contributed by atoms with Crippen molar-refractivity contribution in [3.8, 4) is 0 Å². The highest BCUT2D eigenvalue weighted by Gasteiger charge is 2.37. The molecule has 2 heterocycles. The molecule has 3 rings (SSSR count). The molecule has 0 aromatic heterocycles. The first kappa shape index (κ1) is 20.3. The van der Waals surface area contributed by atoms with E-state index in [4.69, 9.17) is 5.73 Å². The number of hydrogen-bond donors (Lipinski definition) is 1. The Hall–Kier alpha value is -1.44. The summed E-state index contributed by atoms with van der Waals surface area (Å²) < 4.78 is 27.9. The molecular weight excluding hydrogens is 362 g/mol. The van der Waals surface area contributed by atoms with Crippen LogP contribution in [0.2, 0.25) is 0 Å². The molecule has 1 unspecified atom stereocenters. The van der Waals surface area contributed by atoms with Crippen LogP contribution in [0.5, 0.6) is 0 Å². The van der Waals surface area contributed by atoms with Crippen molar-refractivity contribution < 1.29 is 13.2 Å². The van der Waals surface area contributed by atoms with Gasteiger partial charge in [0.05, 0.1) is 4.90 Å². The fraction of sp³-hybridized carbons (Fsp3) is 0.650. The zero-order valence-electron chi connectivity index (χ0n) is 16.6. The summed E-state index contributed by atoms with van der Waals surface area (Å²) in [6.07, 6.45) is 3.14. The smallest absolute Gasteiger partial charge is 0.243 e. The van der Waals surface area contributed by atoms with E-state index >= 15 is 0 Å². The number of sulfonamides is 1. The second-order valence-electron chi connectivity index (χ2n) is 7.97. The SMILES string of the molecule is Cc1cc(C)c(S(=O)(=O)N2CCC(C(=O)N3CCCC3CN)CC2)c(C)c1. The zero-order valence-corrected chi connectivity index (χ0v) is 17.4. The average Bonchev–Trinajstić information content (AvgIpc) is 3.08. The summed E-state index contributed by atoms with van der Waals surface area (Å²) in [6.45, 7) is 7.75. The lowest BCUT2D eigenvalue weighted by atomic mass is 9.96. The van der Waals surface area contributed by atoms with Gasteiger partial charge in [-0.05, 0) is 57.6 Å². The number of rotatable bonds is 4. The standard InChI is InChI=1S/C20H31N3O3S/c1-14-11-15(2)19(16(3)12-14)27(25,26)22-9-6-17(7-10-22)20(24)23-8-4-5-18(23)13-21/h11-12,17-18H,4-10,13,21H2,1-3H3. The highest BCUT2D eigenvalue weighted by molar-refractivity contribution is 7.89. The Bertz CT molecular complexity index is 791. The van der Waals surface area contributed by atoms with Crippen LogP contribution < -0.4 is 5.73 Å². The van der Waals surface area contributed by atoms with Crippen LogP contribution in [-0.4, -0.2) is 55.8 Å². The van der Waals surface area contributed by atoms with E-state index in [2.05, 4.69) is 0 Å². The number of carbonyl (C=O) groups is 1. The molecule has 0 radical (unpaired) electrons. The predicted octanol–water partition coefficient (Wildman–Crippen LogP) is 1.96. The maximum absolute atomic E-state index is 13.2. The van der Waals surface area contributed by atoms with Crippen molar-refractivity contribution in [2.24, 2.45) is 11.7 Å². The second kappa shape index (κ2) is 7.89. The fourth-order valence-electron chi connectivity index (χ4n) is 4.65. The van der Waals surface area contributed by atoms with Crippen LogP contribution in [0.25, 0.3) is 0 Å². The molecule has 1 aromatic carbocycles. The lowest BCUT2D eigenvalue weighted by molar-refractivity contribution is -0.137. The molecule has 1 aromatic rings. The number of likely N-dealkylation sites (tertiary alicyclic amines) is 1. The van der Waals surface area contributed by atoms with E-state index in [-0.39, 0.29) is 17.9 Å². The normalized spacial score (nSPS) is 22.4. The summed E-state index contributed by atoms with van der Waals surface area (Å²) in [5, 5.41) is 0. The van der Waals surface area contributed by atoms with E-state index in [0.717, 1.165) is 36.1 Å². The molecule has 2 saturated heterocycles. The first-order valence-corrected chi connectivity index (χ1v) is 11.3. The maximum Gasteiger partial charge on any atom is 0.243 e. The summed E-state index contributed by atoms with van der Waals surface area (Å²) in [5.41, 5.74) is 8.43. The zero-order chi connectivity index (χ0) is 19.8. The Balaban J connectivity index is 1.71. The van der Waals surface area contributed by atoms with Gasteiger partial charge in [0.25, 0.3) is 0 Å². The first-order chi connectivity index (χ1) is 12.8. The quantitative estimate of drug-likeness (QED) is 0.848. The number of piperidine rings is 1. The summed E-state index contributed by atoms with van der Waals surface area (Å²) in [4.78, 5) is 15.2. The minimum atomic E-state index is -3.54. The Kier molecular flexibility index (Phi) is 5.93. The van der Waals surface area contributed by atoms with Crippen molar-refractivity contribution >= 4 is 15.9 Å². The second-order valence-corrected chi connectivity index (χ2v) is 9.84. The van der Waals surface area contributed by atoms with E-state index in [0.29, 0.717) is 37.4 Å². The van der Waals surface area contributed by atoms with E-state index in [9.17, 15) is 13.2 Å². The Morgan fingerprint density at radius 1 is 1.07 bits per heavy atom. The van der Waals surface area contributed by atoms with Gasteiger partial charge in [-0.3, -0.25) is 4.79 Å². The van der Waals surface area contributed by atoms with Crippen LogP contribution >= 0.6 is 0 Å². The molecule has 1 amide bonds. The van der Waals surface area contributed by atoms with Gasteiger partial charge in [0, 0.05) is 38.1 Å². The van der Waals surface area contributed by atoms with Crippen LogP contribution in [0.4, 0.5) is 0 Å². The van der Waals surface area contributed by atoms with Gasteiger partial charge in [-0.15, -0.1) is 0 Å². The third kappa shape index (κ3) is 3.91. The number of hydrogen-bond acceptors (Lipinski definition) is 4. The molecule has 7 heteroatoms. The molecule has 2 N–H and O–H groups in total. The number of nitrogens with zero attached hydrogens (tertiary/aromatic N) is 2. The number of nitrogens with two attached hydrogens (primary N) is 1. The van der Waals surface area contributed by atoms with Crippen molar-refractivity contribution in [2.45, 2.75) is 57.4 Å². The van der Waals surface area contributed by atoms with Gasteiger partial charge >= 0.3 is 0 Å². The fourth-order valence-corrected chi connectivity index (χ4v) is 6.53. The molecule has 2 aliphatic heterocycles. The minimum Gasteiger partial charge on any atom is -0.338 e. The lowest BCUT2D eigenvalue weighted by Gasteiger charge is -2.34. The third-order valence-electron chi connectivity index (χ3n) is 5.94. The average molecular weight is 394 g/mol. The lowest BCUT2D eigenvalue weighted by Crippen LogP contribution is -2.47. The highest BCUT2D eigenvalue weighted by Crippen LogP contribution is 2.30. The molecule has 0 spiro atoms. The summed E-state index contributed by atoms with van der Waals surface area (Å²) in [7, 11) is -3.54. The van der Waals surface area contributed by atoms with Crippen LogP contribution in [0.15, 0.2) is 17.0 Å². The van der Waals surface area contributed by atoms with Gasteiger partial charge in [-0.2, -0.15) is 4.31 Å². The Labute approximate surface area is 162 Å². The summed E-state index contributed by atoms with van der Waals surface area (Å²) in [5.74, 6) is 0.0616. The van der Waals surface area contributed by atoms with Crippen LogP contribution in [0.1, 0.15) is 42.4 Å². The molecule has 2 fully saturated rings. The summed E-state index contributed by atoms with van der Waals surface area (Å²) >= 11 is 0. The molecule has 0 saturated carbocycles. The Morgan fingerprint density at radius 2 is 1.67 bits per heavy atom. The van der Waals surface area contributed by atoms with Gasteiger partial charge in [0.1, 0.15) is 0 Å². The largest absolute Gasteiger partial charge is 0.338 e. The van der Waals surface area contributed by atoms with E-state index < -0.39 is 10.0 Å². The number of amides is 1. The molecule has 0 bridgehead atoms. The molecule has 150 valence electrons. The van der Waals surface area contributed by atoms with Gasteiger partial charge in [0.2, 0.25) is 15.9 Å². The highest BCUT2D eigenvalue weighted by atomic mass is 32.2. The van der Waals surface area contributed by atoms with Crippen LogP contribution in [-0.2, 0) is 14.8 Å². The molecule has 2 aliphatic rings. The number of aryl methyl sites for hydroxylation is 3. The maximum atomic E-state index is 13.2. The van der Waals surface area contributed by atoms with Gasteiger partial charge in [-0.25, -0.2) is 8.42 Å². The monoisotopic (exact) mass is 393 g/mol. The van der Waals surface area contributed by atoms with Crippen molar-refractivity contribution in [2.75, 3.05) is 26.2 Å². The summed E-state index contributed by atoms with van der Waals surface area (Å²) in [6, 6.07) is 3.98. The first-order valence-electron chi connectivity index (χ1n) is 9.84. The van der Waals surface area contributed by atoms with E-state index in [1.54, 1.807) is 4.31 Å². The molecule has 6 nitrogen and oxygen atoms in total. The van der Waals surface area contributed by atoms with Crippen molar-refractivity contribution in [1.82, 2.24) is 9.21 Å². The van der Waals surface area contributed by atoms with E-state index in [1.807, 2.05) is 37.8 Å². The van der Waals surface area contributed by atoms with Crippen molar-refractivity contribution in [1.29, 1.82) is 0 Å². The van der Waals surface area contributed by atoms with E-state index in [1.165, 1.54) is 0 Å². The topological polar surface area (TPSA) is 83.7 Å². The van der Waals surface area contributed by atoms with Crippen molar-refractivity contribution in [3.63, 3.8) is 0 Å². The van der Waals surface area contributed by atoms with Crippen LogP contribution in [0, 0.1) is 26.7 Å². The van der Waals surface area contributed by atoms with Crippen LogP contribution in [0.3, 0.4) is 0 Å². The Morgan fingerprint density at radius 3 is 2.22 bits per heavy atom. The van der Waals surface area contributed by atoms with Gasteiger partial charge in [0.15, 0.2) is 0 Å². The number of carbonyl (C=O) groups excluding carboxylic acids is 1. The predicted molar refractivity (Wildman–Crippen MR) is 106 cm³/mol. The number of benzene rings is 1. The molecule has 0 aliphatic carbocycles. The minimum absolute atomic E-state index is 0.0937. The third-order valence-corrected chi connectivity index (χ3v) is 8.14. The molecule has 1 atom stereocenters. The molecule has 27 heavy (non-hydrogen) atoms. The van der Waals surface area contributed by atoms with Crippen molar-refractivity contribution in [3.05, 3.63) is 28.8 Å². The van der Waals surface area contributed by atoms with Gasteiger partial charge in [-0.1, -0.05) is 17.7 Å². The van der Waals surface area contributed by atoms with Gasteiger partial charge < -0.3 is 10.6 Å².